The summed E-state index contributed by atoms with van der Waals surface area (Å²) < 4.78 is 5.01. The average molecular weight is 295 g/mol. The van der Waals surface area contributed by atoms with E-state index in [4.69, 9.17) is 16.3 Å². The van der Waals surface area contributed by atoms with Crippen LogP contribution >= 0.6 is 22.9 Å². The molecule has 1 aromatic heterocycles. The van der Waals surface area contributed by atoms with Gasteiger partial charge < -0.3 is 4.74 Å². The molecule has 19 heavy (non-hydrogen) atoms. The zero-order valence-corrected chi connectivity index (χ0v) is 12.3. The smallest absolute Gasteiger partial charge is 0.338 e. The van der Waals surface area contributed by atoms with Gasteiger partial charge in [-0.15, -0.1) is 22.9 Å². The van der Waals surface area contributed by atoms with Crippen LogP contribution < -0.4 is 0 Å². The van der Waals surface area contributed by atoms with Crippen molar-refractivity contribution in [3.05, 3.63) is 46.8 Å². The summed E-state index contributed by atoms with van der Waals surface area (Å²) in [5, 5.41) is 0. The van der Waals surface area contributed by atoms with E-state index in [1.165, 1.54) is 4.88 Å². The van der Waals surface area contributed by atoms with Gasteiger partial charge in [0.1, 0.15) is 0 Å². The van der Waals surface area contributed by atoms with Crippen LogP contribution in [0.25, 0.3) is 10.4 Å². The largest absolute Gasteiger partial charge is 0.462 e. The number of alkyl halides is 1. The molecular formula is C15H15ClO2S. The minimum Gasteiger partial charge on any atom is -0.462 e. The van der Waals surface area contributed by atoms with Crippen molar-refractivity contribution in [2.45, 2.75) is 13.3 Å². The molecule has 0 unspecified atom stereocenters. The zero-order chi connectivity index (χ0) is 13.7. The van der Waals surface area contributed by atoms with Crippen LogP contribution in [0.4, 0.5) is 0 Å². The fraction of sp³-hybridized carbons (Fsp3) is 0.267. The van der Waals surface area contributed by atoms with Gasteiger partial charge in [-0.05, 0) is 43.2 Å². The molecule has 1 aromatic carbocycles. The fourth-order valence-corrected chi connectivity index (χ4v) is 3.09. The number of esters is 1. The maximum absolute atomic E-state index is 11.7. The molecule has 0 atom stereocenters. The molecular weight excluding hydrogens is 280 g/mol. The first-order valence-electron chi connectivity index (χ1n) is 6.17. The van der Waals surface area contributed by atoms with Crippen LogP contribution in [0, 0.1) is 0 Å². The predicted molar refractivity (Wildman–Crippen MR) is 80.1 cm³/mol. The minimum absolute atomic E-state index is 0.276. The summed E-state index contributed by atoms with van der Waals surface area (Å²) in [4.78, 5) is 14.1. The first-order valence-corrected chi connectivity index (χ1v) is 7.52. The lowest BCUT2D eigenvalue weighted by atomic mass is 10.1. The summed E-state index contributed by atoms with van der Waals surface area (Å²) in [5.41, 5.74) is 1.63. The Kier molecular flexibility index (Phi) is 5.00. The lowest BCUT2D eigenvalue weighted by Gasteiger charge is -2.03. The van der Waals surface area contributed by atoms with Crippen LogP contribution in [0.3, 0.4) is 0 Å². The highest BCUT2D eigenvalue weighted by atomic mass is 35.5. The van der Waals surface area contributed by atoms with Gasteiger partial charge in [-0.25, -0.2) is 4.79 Å². The van der Waals surface area contributed by atoms with Crippen LogP contribution in [0.1, 0.15) is 22.2 Å². The lowest BCUT2D eigenvalue weighted by Crippen LogP contribution is -2.04. The number of carbonyl (C=O) groups is 1. The molecule has 2 aromatic rings. The molecule has 0 aliphatic carbocycles. The summed E-state index contributed by atoms with van der Waals surface area (Å²) in [5.74, 6) is 0.352. The number of benzene rings is 1. The van der Waals surface area contributed by atoms with Crippen molar-refractivity contribution in [3.63, 3.8) is 0 Å². The van der Waals surface area contributed by atoms with Crippen LogP contribution in [0.2, 0.25) is 0 Å². The molecule has 1 heterocycles. The van der Waals surface area contributed by atoms with Crippen molar-refractivity contribution in [3.8, 4) is 10.4 Å². The third-order valence-electron chi connectivity index (χ3n) is 2.66. The highest BCUT2D eigenvalue weighted by molar-refractivity contribution is 7.15. The molecule has 0 N–H and O–H groups in total. The number of carbonyl (C=O) groups excluding carboxylic acids is 1. The van der Waals surface area contributed by atoms with E-state index in [9.17, 15) is 4.79 Å². The zero-order valence-electron chi connectivity index (χ0n) is 10.7. The quantitative estimate of drug-likeness (QED) is 0.604. The van der Waals surface area contributed by atoms with E-state index in [2.05, 4.69) is 12.1 Å². The number of hydrogen-bond donors (Lipinski definition) is 0. The molecule has 0 aliphatic rings. The Morgan fingerprint density at radius 3 is 2.89 bits per heavy atom. The second-order valence-electron chi connectivity index (χ2n) is 4.01. The van der Waals surface area contributed by atoms with E-state index < -0.39 is 0 Å². The molecule has 0 radical (unpaired) electrons. The molecule has 0 spiro atoms. The van der Waals surface area contributed by atoms with E-state index in [1.807, 2.05) is 18.2 Å². The van der Waals surface area contributed by atoms with E-state index in [0.29, 0.717) is 18.1 Å². The second kappa shape index (κ2) is 6.73. The maximum atomic E-state index is 11.7. The Hall–Kier alpha value is -1.32. The van der Waals surface area contributed by atoms with E-state index in [-0.39, 0.29) is 5.97 Å². The van der Waals surface area contributed by atoms with Gasteiger partial charge in [-0.2, -0.15) is 0 Å². The van der Waals surface area contributed by atoms with Crippen LogP contribution in [-0.2, 0) is 11.2 Å². The van der Waals surface area contributed by atoms with Crippen LogP contribution in [-0.4, -0.2) is 18.5 Å². The number of aryl methyl sites for hydroxylation is 1. The normalized spacial score (nSPS) is 10.4. The highest BCUT2D eigenvalue weighted by Gasteiger charge is 2.09. The second-order valence-corrected chi connectivity index (χ2v) is 5.55. The van der Waals surface area contributed by atoms with Gasteiger partial charge in [-0.3, -0.25) is 0 Å². The van der Waals surface area contributed by atoms with E-state index >= 15 is 0 Å². The third kappa shape index (κ3) is 3.58. The predicted octanol–water partition coefficient (Wildman–Crippen LogP) is 4.37. The average Bonchev–Trinajstić information content (AvgIpc) is 2.88. The van der Waals surface area contributed by atoms with Gasteiger partial charge >= 0.3 is 5.97 Å². The highest BCUT2D eigenvalue weighted by Crippen LogP contribution is 2.29. The topological polar surface area (TPSA) is 26.3 Å². The molecule has 0 bridgehead atoms. The van der Waals surface area contributed by atoms with Gasteiger partial charge in [0.25, 0.3) is 0 Å². The number of rotatable bonds is 5. The SMILES string of the molecule is CCOC(=O)c1cccc(-c2ccc(CCCl)s2)c1. The molecule has 4 heteroatoms. The van der Waals surface area contributed by atoms with Crippen molar-refractivity contribution in [2.24, 2.45) is 0 Å². The number of hydrogen-bond acceptors (Lipinski definition) is 3. The Balaban J connectivity index is 2.24. The van der Waals surface area contributed by atoms with Crippen molar-refractivity contribution >= 4 is 28.9 Å². The Morgan fingerprint density at radius 1 is 1.32 bits per heavy atom. The molecule has 0 saturated carbocycles. The van der Waals surface area contributed by atoms with Crippen LogP contribution in [0.5, 0.6) is 0 Å². The third-order valence-corrected chi connectivity index (χ3v) is 4.04. The summed E-state index contributed by atoms with van der Waals surface area (Å²) in [6.07, 6.45) is 0.879. The van der Waals surface area contributed by atoms with E-state index in [1.54, 1.807) is 24.3 Å². The maximum Gasteiger partial charge on any atom is 0.338 e. The van der Waals surface area contributed by atoms with Gasteiger partial charge in [0.15, 0.2) is 0 Å². The molecule has 0 saturated heterocycles. The Morgan fingerprint density at radius 2 is 2.16 bits per heavy atom. The van der Waals surface area contributed by atoms with Gasteiger partial charge in [0, 0.05) is 15.6 Å². The van der Waals surface area contributed by atoms with Crippen molar-refractivity contribution < 1.29 is 9.53 Å². The Labute approximate surface area is 122 Å². The fourth-order valence-electron chi connectivity index (χ4n) is 1.77. The standard InChI is InChI=1S/C15H15ClO2S/c1-2-18-15(17)12-5-3-4-11(10-12)14-7-6-13(19-14)8-9-16/h3-7,10H,2,8-9H2,1H3. The van der Waals surface area contributed by atoms with Gasteiger partial charge in [0.05, 0.1) is 12.2 Å². The number of ether oxygens (including phenoxy) is 1. The van der Waals surface area contributed by atoms with Gasteiger partial charge in [0.2, 0.25) is 0 Å². The van der Waals surface area contributed by atoms with Crippen molar-refractivity contribution in [1.29, 1.82) is 0 Å². The first-order chi connectivity index (χ1) is 9.24. The molecule has 2 rings (SSSR count). The molecule has 0 fully saturated rings. The molecule has 100 valence electrons. The summed E-state index contributed by atoms with van der Waals surface area (Å²) in [6, 6.07) is 11.7. The summed E-state index contributed by atoms with van der Waals surface area (Å²) in [7, 11) is 0. The van der Waals surface area contributed by atoms with Crippen molar-refractivity contribution in [2.75, 3.05) is 12.5 Å². The number of thiophene rings is 1. The van der Waals surface area contributed by atoms with Crippen LogP contribution in [0.15, 0.2) is 36.4 Å². The monoisotopic (exact) mass is 294 g/mol. The molecule has 2 nitrogen and oxygen atoms in total. The first kappa shape index (κ1) is 14.1. The van der Waals surface area contributed by atoms with Crippen molar-refractivity contribution in [1.82, 2.24) is 0 Å². The molecule has 0 aliphatic heterocycles. The Bertz CT molecular complexity index is 563. The van der Waals surface area contributed by atoms with Gasteiger partial charge in [-0.1, -0.05) is 12.1 Å². The minimum atomic E-state index is -0.276. The van der Waals surface area contributed by atoms with E-state index in [0.717, 1.165) is 16.9 Å². The number of halogens is 1. The summed E-state index contributed by atoms with van der Waals surface area (Å²) >= 11 is 7.45. The molecule has 0 amide bonds. The summed E-state index contributed by atoms with van der Waals surface area (Å²) in [6.45, 7) is 2.20. The lowest BCUT2D eigenvalue weighted by molar-refractivity contribution is 0.0526.